The summed E-state index contributed by atoms with van der Waals surface area (Å²) in [6, 6.07) is 7.14. The van der Waals surface area contributed by atoms with Gasteiger partial charge in [-0.1, -0.05) is 24.3 Å². The molecular weight excluding hydrogens is 332 g/mol. The van der Waals surface area contributed by atoms with Gasteiger partial charge in [-0.05, 0) is 43.5 Å². The smallest absolute Gasteiger partial charge is 0.322 e. The Morgan fingerprint density at radius 1 is 1.19 bits per heavy atom. The average molecular weight is 358 g/mol. The highest BCUT2D eigenvalue weighted by Gasteiger charge is 2.29. The summed E-state index contributed by atoms with van der Waals surface area (Å²) in [4.78, 5) is 39.2. The number of likely N-dealkylation sites (tertiary alicyclic amines) is 1. The molecule has 0 spiro atoms. The fraction of sp³-hybridized carbons (Fsp3) is 0.526. The van der Waals surface area contributed by atoms with Crippen molar-refractivity contribution in [2.75, 3.05) is 20.1 Å². The maximum Gasteiger partial charge on any atom is 0.322 e. The van der Waals surface area contributed by atoms with E-state index in [9.17, 15) is 14.4 Å². The van der Waals surface area contributed by atoms with Crippen LogP contribution in [0.1, 0.15) is 36.8 Å². The van der Waals surface area contributed by atoms with Crippen molar-refractivity contribution in [2.24, 2.45) is 0 Å². The van der Waals surface area contributed by atoms with Gasteiger partial charge in [-0.25, -0.2) is 4.79 Å². The van der Waals surface area contributed by atoms with Gasteiger partial charge in [0.05, 0.1) is 0 Å². The Bertz CT molecular complexity index is 685. The summed E-state index contributed by atoms with van der Waals surface area (Å²) in [7, 11) is 1.78. The summed E-state index contributed by atoms with van der Waals surface area (Å²) in [6.07, 6.45) is 3.05. The van der Waals surface area contributed by atoms with Crippen LogP contribution in [-0.2, 0) is 22.7 Å². The lowest BCUT2D eigenvalue weighted by molar-refractivity contribution is -0.130. The molecule has 2 fully saturated rings. The molecule has 1 aromatic rings. The second-order valence-corrected chi connectivity index (χ2v) is 7.06. The van der Waals surface area contributed by atoms with E-state index >= 15 is 0 Å². The molecule has 0 bridgehead atoms. The van der Waals surface area contributed by atoms with E-state index in [1.54, 1.807) is 11.9 Å². The minimum absolute atomic E-state index is 0.0325. The highest BCUT2D eigenvalue weighted by molar-refractivity contribution is 6.04. The zero-order chi connectivity index (χ0) is 18.5. The Labute approximate surface area is 153 Å². The third-order valence-corrected chi connectivity index (χ3v) is 5.05. The summed E-state index contributed by atoms with van der Waals surface area (Å²) < 4.78 is 0. The van der Waals surface area contributed by atoms with Crippen LogP contribution in [0.4, 0.5) is 4.79 Å². The molecule has 0 unspecified atom stereocenters. The molecule has 1 aromatic carbocycles. The normalized spacial score (nSPS) is 20.1. The van der Waals surface area contributed by atoms with Crippen LogP contribution in [0.25, 0.3) is 0 Å². The van der Waals surface area contributed by atoms with Crippen molar-refractivity contribution in [1.82, 2.24) is 20.4 Å². The predicted octanol–water partition coefficient (Wildman–Crippen LogP) is 1.23. The Balaban J connectivity index is 1.53. The zero-order valence-corrected chi connectivity index (χ0v) is 15.2. The molecular formula is C19H26N4O3. The molecule has 3 rings (SSSR count). The third-order valence-electron chi connectivity index (χ3n) is 5.05. The molecule has 2 aliphatic heterocycles. The van der Waals surface area contributed by atoms with E-state index in [1.165, 1.54) is 18.4 Å². The molecule has 26 heavy (non-hydrogen) atoms. The predicted molar refractivity (Wildman–Crippen MR) is 97.1 cm³/mol. The van der Waals surface area contributed by atoms with Gasteiger partial charge in [0.25, 0.3) is 5.91 Å². The second kappa shape index (κ2) is 8.31. The van der Waals surface area contributed by atoms with E-state index in [1.807, 2.05) is 12.1 Å². The number of benzene rings is 1. The van der Waals surface area contributed by atoms with Crippen molar-refractivity contribution < 1.29 is 14.4 Å². The Kier molecular flexibility index (Phi) is 5.88. The number of rotatable bonds is 7. The van der Waals surface area contributed by atoms with Crippen LogP contribution in [0.15, 0.2) is 24.3 Å². The van der Waals surface area contributed by atoms with Crippen molar-refractivity contribution >= 4 is 17.8 Å². The van der Waals surface area contributed by atoms with Crippen LogP contribution in [0, 0.1) is 0 Å². The molecule has 7 nitrogen and oxygen atoms in total. The summed E-state index contributed by atoms with van der Waals surface area (Å²) in [5, 5.41) is 4.70. The fourth-order valence-corrected chi connectivity index (χ4v) is 3.51. The van der Waals surface area contributed by atoms with Gasteiger partial charge in [0.1, 0.15) is 6.04 Å². The van der Waals surface area contributed by atoms with Crippen LogP contribution < -0.4 is 10.6 Å². The Morgan fingerprint density at radius 2 is 1.88 bits per heavy atom. The average Bonchev–Trinajstić information content (AvgIpc) is 3.23. The third kappa shape index (κ3) is 4.60. The first-order valence-corrected chi connectivity index (χ1v) is 9.17. The monoisotopic (exact) mass is 358 g/mol. The van der Waals surface area contributed by atoms with Crippen molar-refractivity contribution in [3.63, 3.8) is 0 Å². The molecule has 4 amide bonds. The van der Waals surface area contributed by atoms with E-state index in [0.717, 1.165) is 25.2 Å². The number of hydrogen-bond donors (Lipinski definition) is 2. The SMILES string of the molecule is CN(Cc1ccccc1CN1CCCC1)C(=O)CC[C@@H]1NC(=O)NC1=O. The molecule has 0 aliphatic carbocycles. The molecule has 2 saturated heterocycles. The number of nitrogens with zero attached hydrogens (tertiary/aromatic N) is 2. The van der Waals surface area contributed by atoms with Gasteiger partial charge in [0.15, 0.2) is 0 Å². The van der Waals surface area contributed by atoms with Gasteiger partial charge >= 0.3 is 6.03 Å². The molecule has 0 saturated carbocycles. The van der Waals surface area contributed by atoms with Gasteiger partial charge in [0, 0.05) is 26.6 Å². The first-order valence-electron chi connectivity index (χ1n) is 9.17. The molecule has 2 heterocycles. The molecule has 0 aromatic heterocycles. The van der Waals surface area contributed by atoms with Crippen molar-refractivity contribution in [3.8, 4) is 0 Å². The lowest BCUT2D eigenvalue weighted by atomic mass is 10.1. The van der Waals surface area contributed by atoms with Gasteiger partial charge in [0.2, 0.25) is 5.91 Å². The highest BCUT2D eigenvalue weighted by atomic mass is 16.2. The number of urea groups is 1. The van der Waals surface area contributed by atoms with Gasteiger partial charge in [-0.15, -0.1) is 0 Å². The minimum atomic E-state index is -0.609. The zero-order valence-electron chi connectivity index (χ0n) is 15.2. The maximum absolute atomic E-state index is 12.4. The van der Waals surface area contributed by atoms with Crippen LogP contribution in [0.3, 0.4) is 0 Å². The van der Waals surface area contributed by atoms with E-state index < -0.39 is 12.1 Å². The molecule has 7 heteroatoms. The van der Waals surface area contributed by atoms with Gasteiger partial charge in [-0.2, -0.15) is 0 Å². The number of nitrogens with one attached hydrogen (secondary N) is 2. The number of carbonyl (C=O) groups is 3. The van der Waals surface area contributed by atoms with E-state index in [4.69, 9.17) is 0 Å². The maximum atomic E-state index is 12.4. The quantitative estimate of drug-likeness (QED) is 0.719. The Morgan fingerprint density at radius 3 is 2.54 bits per heavy atom. The van der Waals surface area contributed by atoms with Crippen molar-refractivity contribution in [2.45, 2.75) is 44.8 Å². The molecule has 1 atom stereocenters. The van der Waals surface area contributed by atoms with Crippen LogP contribution in [0.5, 0.6) is 0 Å². The summed E-state index contributed by atoms with van der Waals surface area (Å²) >= 11 is 0. The van der Waals surface area contributed by atoms with Gasteiger partial charge < -0.3 is 10.2 Å². The van der Waals surface area contributed by atoms with E-state index in [2.05, 4.69) is 27.7 Å². The first kappa shape index (κ1) is 18.4. The number of amides is 4. The van der Waals surface area contributed by atoms with E-state index in [-0.39, 0.29) is 18.2 Å². The largest absolute Gasteiger partial charge is 0.341 e. The summed E-state index contributed by atoms with van der Waals surface area (Å²) in [5.41, 5.74) is 2.42. The standard InChI is InChI=1S/C19H26N4O3/c1-22(17(24)9-8-16-18(25)21-19(26)20-16)12-14-6-2-3-7-15(14)13-23-10-4-5-11-23/h2-3,6-7,16H,4-5,8-13H2,1H3,(H2,20,21,25,26)/t16-/m0/s1. The summed E-state index contributed by atoms with van der Waals surface area (Å²) in [6.45, 7) is 3.75. The first-order chi connectivity index (χ1) is 12.5. The number of hydrogen-bond acceptors (Lipinski definition) is 4. The molecule has 2 N–H and O–H groups in total. The van der Waals surface area contributed by atoms with Crippen LogP contribution >= 0.6 is 0 Å². The molecule has 0 radical (unpaired) electrons. The highest BCUT2D eigenvalue weighted by Crippen LogP contribution is 2.18. The minimum Gasteiger partial charge on any atom is -0.341 e. The van der Waals surface area contributed by atoms with Crippen molar-refractivity contribution in [3.05, 3.63) is 35.4 Å². The lowest BCUT2D eigenvalue weighted by Gasteiger charge is -2.22. The number of imide groups is 1. The second-order valence-electron chi connectivity index (χ2n) is 7.06. The van der Waals surface area contributed by atoms with Gasteiger partial charge in [-0.3, -0.25) is 19.8 Å². The van der Waals surface area contributed by atoms with Crippen molar-refractivity contribution in [1.29, 1.82) is 0 Å². The number of carbonyl (C=O) groups excluding carboxylic acids is 3. The van der Waals surface area contributed by atoms with Crippen LogP contribution in [-0.4, -0.2) is 53.8 Å². The summed E-state index contributed by atoms with van der Waals surface area (Å²) in [5.74, 6) is -0.392. The van der Waals surface area contributed by atoms with Crippen LogP contribution in [0.2, 0.25) is 0 Å². The molecule has 2 aliphatic rings. The Hall–Kier alpha value is -2.41. The fourth-order valence-electron chi connectivity index (χ4n) is 3.51. The molecule has 140 valence electrons. The lowest BCUT2D eigenvalue weighted by Crippen LogP contribution is -2.32. The van der Waals surface area contributed by atoms with E-state index in [0.29, 0.717) is 13.0 Å². The topological polar surface area (TPSA) is 81.8 Å².